The lowest BCUT2D eigenvalue weighted by molar-refractivity contribution is 0.467. The van der Waals surface area contributed by atoms with Crippen molar-refractivity contribution < 1.29 is 18.6 Å². The van der Waals surface area contributed by atoms with E-state index in [9.17, 15) is 18.6 Å². The summed E-state index contributed by atoms with van der Waals surface area (Å²) in [5, 5.41) is 19.6. The van der Waals surface area contributed by atoms with Crippen LogP contribution < -0.4 is 0 Å². The summed E-state index contributed by atoms with van der Waals surface area (Å²) < 4.78 is 25.8. The lowest BCUT2D eigenvalue weighted by Gasteiger charge is -2.15. The van der Waals surface area contributed by atoms with Gasteiger partial charge >= 0.3 is 0 Å². The van der Waals surface area contributed by atoms with Crippen LogP contribution in [0.3, 0.4) is 0 Å². The molecule has 0 atom stereocenters. The van der Waals surface area contributed by atoms with Gasteiger partial charge in [0.2, 0.25) is 9.84 Å². The fourth-order valence-corrected chi connectivity index (χ4v) is 4.42. The van der Waals surface area contributed by atoms with Crippen molar-refractivity contribution in [1.29, 1.82) is 0 Å². The Labute approximate surface area is 124 Å². The van der Waals surface area contributed by atoms with E-state index in [1.807, 2.05) is 0 Å². The van der Waals surface area contributed by atoms with E-state index in [2.05, 4.69) is 0 Å². The molecule has 0 aromatic heterocycles. The highest BCUT2D eigenvalue weighted by Gasteiger charge is 2.26. The van der Waals surface area contributed by atoms with E-state index >= 15 is 0 Å². The van der Waals surface area contributed by atoms with Crippen molar-refractivity contribution in [2.24, 2.45) is 0 Å². The maximum Gasteiger partial charge on any atom is 0.207 e. The van der Waals surface area contributed by atoms with Crippen LogP contribution in [0.1, 0.15) is 22.3 Å². The standard InChI is InChI=1S/C16H18O4S/c1-9-5-6-13(17)12(4)16(9)21(19,20)15-8-14(18)10(2)7-11(15)3/h5-8,17-18H,1-4H3. The van der Waals surface area contributed by atoms with Crippen LogP contribution in [0.4, 0.5) is 0 Å². The zero-order valence-electron chi connectivity index (χ0n) is 12.4. The SMILES string of the molecule is Cc1cc(C)c(S(=O)(=O)c2c(C)ccc(O)c2C)cc1O. The highest BCUT2D eigenvalue weighted by molar-refractivity contribution is 7.91. The van der Waals surface area contributed by atoms with Gasteiger partial charge in [-0.05, 0) is 56.5 Å². The number of benzene rings is 2. The minimum Gasteiger partial charge on any atom is -0.508 e. The maximum absolute atomic E-state index is 12.9. The van der Waals surface area contributed by atoms with Crippen LogP contribution in [-0.2, 0) is 9.84 Å². The zero-order valence-corrected chi connectivity index (χ0v) is 13.2. The molecule has 0 aliphatic heterocycles. The zero-order chi connectivity index (χ0) is 15.9. The predicted molar refractivity (Wildman–Crippen MR) is 80.6 cm³/mol. The minimum atomic E-state index is -3.81. The molecule has 0 heterocycles. The molecule has 0 bridgehead atoms. The Balaban J connectivity index is 2.81. The topological polar surface area (TPSA) is 74.6 Å². The second-order valence-electron chi connectivity index (χ2n) is 5.26. The van der Waals surface area contributed by atoms with E-state index in [0.29, 0.717) is 22.3 Å². The fourth-order valence-electron chi connectivity index (χ4n) is 2.45. The van der Waals surface area contributed by atoms with E-state index in [-0.39, 0.29) is 21.3 Å². The highest BCUT2D eigenvalue weighted by atomic mass is 32.2. The normalized spacial score (nSPS) is 11.6. The molecule has 2 aromatic rings. The van der Waals surface area contributed by atoms with Gasteiger partial charge in [0.25, 0.3) is 0 Å². The molecular weight excluding hydrogens is 288 g/mol. The number of aromatic hydroxyl groups is 2. The molecule has 0 amide bonds. The summed E-state index contributed by atoms with van der Waals surface area (Å²) in [7, 11) is -3.81. The van der Waals surface area contributed by atoms with Gasteiger partial charge in [0.15, 0.2) is 0 Å². The van der Waals surface area contributed by atoms with Crippen LogP contribution in [-0.4, -0.2) is 18.6 Å². The lowest BCUT2D eigenvalue weighted by Crippen LogP contribution is -2.08. The Morgan fingerprint density at radius 2 is 1.43 bits per heavy atom. The Kier molecular flexibility index (Phi) is 3.72. The van der Waals surface area contributed by atoms with Gasteiger partial charge in [-0.3, -0.25) is 0 Å². The molecular formula is C16H18O4S. The number of sulfone groups is 1. The van der Waals surface area contributed by atoms with Gasteiger partial charge in [-0.1, -0.05) is 12.1 Å². The maximum atomic E-state index is 12.9. The van der Waals surface area contributed by atoms with Crippen LogP contribution in [0.15, 0.2) is 34.1 Å². The Morgan fingerprint density at radius 1 is 0.810 bits per heavy atom. The third-order valence-corrected chi connectivity index (χ3v) is 5.81. The molecule has 0 aliphatic rings. The van der Waals surface area contributed by atoms with Gasteiger partial charge < -0.3 is 10.2 Å². The molecule has 0 saturated heterocycles. The van der Waals surface area contributed by atoms with Crippen molar-refractivity contribution in [1.82, 2.24) is 0 Å². The predicted octanol–water partition coefficient (Wildman–Crippen LogP) is 3.16. The average molecular weight is 306 g/mol. The van der Waals surface area contributed by atoms with Crippen LogP contribution in [0.5, 0.6) is 11.5 Å². The molecule has 0 aliphatic carbocycles. The fraction of sp³-hybridized carbons (Fsp3) is 0.250. The molecule has 2 rings (SSSR count). The molecule has 0 unspecified atom stereocenters. The van der Waals surface area contributed by atoms with E-state index in [4.69, 9.17) is 0 Å². The molecule has 5 heteroatoms. The number of phenolic OH excluding ortho intramolecular Hbond substituents is 2. The lowest BCUT2D eigenvalue weighted by atomic mass is 10.1. The third-order valence-electron chi connectivity index (χ3n) is 3.63. The molecule has 112 valence electrons. The first-order valence-corrected chi connectivity index (χ1v) is 7.99. The molecule has 0 radical (unpaired) electrons. The first kappa shape index (κ1) is 15.4. The Hall–Kier alpha value is -2.01. The smallest absolute Gasteiger partial charge is 0.207 e. The van der Waals surface area contributed by atoms with Crippen LogP contribution in [0.25, 0.3) is 0 Å². The van der Waals surface area contributed by atoms with Crippen molar-refractivity contribution in [2.75, 3.05) is 0 Å². The van der Waals surface area contributed by atoms with Crippen LogP contribution in [0.2, 0.25) is 0 Å². The molecule has 4 nitrogen and oxygen atoms in total. The first-order valence-electron chi connectivity index (χ1n) is 6.50. The number of hydrogen-bond acceptors (Lipinski definition) is 4. The molecule has 0 saturated carbocycles. The molecule has 0 fully saturated rings. The second-order valence-corrected chi connectivity index (χ2v) is 7.12. The molecule has 21 heavy (non-hydrogen) atoms. The summed E-state index contributed by atoms with van der Waals surface area (Å²) in [6.45, 7) is 6.65. The molecule has 0 spiro atoms. The Bertz CT molecular complexity index is 821. The number of aryl methyl sites for hydroxylation is 3. The van der Waals surface area contributed by atoms with Crippen molar-refractivity contribution in [3.05, 3.63) is 46.5 Å². The largest absolute Gasteiger partial charge is 0.508 e. The monoisotopic (exact) mass is 306 g/mol. The van der Waals surface area contributed by atoms with Gasteiger partial charge in [-0.25, -0.2) is 8.42 Å². The molecule has 2 N–H and O–H groups in total. The van der Waals surface area contributed by atoms with Gasteiger partial charge in [-0.15, -0.1) is 0 Å². The van der Waals surface area contributed by atoms with Gasteiger partial charge in [0.05, 0.1) is 9.79 Å². The summed E-state index contributed by atoms with van der Waals surface area (Å²) in [6.07, 6.45) is 0. The van der Waals surface area contributed by atoms with Crippen LogP contribution in [0, 0.1) is 27.7 Å². The summed E-state index contributed by atoms with van der Waals surface area (Å²) in [4.78, 5) is 0.149. The van der Waals surface area contributed by atoms with Gasteiger partial charge in [0.1, 0.15) is 11.5 Å². The van der Waals surface area contributed by atoms with Crippen LogP contribution >= 0.6 is 0 Å². The van der Waals surface area contributed by atoms with Crippen molar-refractivity contribution in [3.8, 4) is 11.5 Å². The van der Waals surface area contributed by atoms with Gasteiger partial charge in [0, 0.05) is 5.56 Å². The van der Waals surface area contributed by atoms with Crippen molar-refractivity contribution >= 4 is 9.84 Å². The van der Waals surface area contributed by atoms with Gasteiger partial charge in [-0.2, -0.15) is 0 Å². The number of rotatable bonds is 2. The summed E-state index contributed by atoms with van der Waals surface area (Å²) in [5.74, 6) is -0.122. The van der Waals surface area contributed by atoms with E-state index in [0.717, 1.165) is 0 Å². The first-order chi connectivity index (χ1) is 9.66. The quantitative estimate of drug-likeness (QED) is 0.893. The summed E-state index contributed by atoms with van der Waals surface area (Å²) in [5.41, 5.74) is 2.06. The van der Waals surface area contributed by atoms with Crippen molar-refractivity contribution in [2.45, 2.75) is 37.5 Å². The number of hydrogen-bond donors (Lipinski definition) is 2. The highest BCUT2D eigenvalue weighted by Crippen LogP contribution is 2.35. The van der Waals surface area contributed by atoms with Crippen molar-refractivity contribution in [3.63, 3.8) is 0 Å². The van der Waals surface area contributed by atoms with E-state index < -0.39 is 9.84 Å². The molecule has 2 aromatic carbocycles. The van der Waals surface area contributed by atoms with E-state index in [1.54, 1.807) is 39.8 Å². The minimum absolute atomic E-state index is 0.0578. The summed E-state index contributed by atoms with van der Waals surface area (Å²) >= 11 is 0. The summed E-state index contributed by atoms with van der Waals surface area (Å²) in [6, 6.07) is 5.94. The van der Waals surface area contributed by atoms with E-state index in [1.165, 1.54) is 12.1 Å². The number of phenols is 2. The average Bonchev–Trinajstić information content (AvgIpc) is 2.38. The Morgan fingerprint density at radius 3 is 2.05 bits per heavy atom. The second kappa shape index (κ2) is 5.07. The third kappa shape index (κ3) is 2.49.